The Labute approximate surface area is 304 Å². The minimum absolute atomic E-state index is 0.0648. The molecule has 0 unspecified atom stereocenters. The molecule has 0 aromatic heterocycles. The number of primary amides is 1. The summed E-state index contributed by atoms with van der Waals surface area (Å²) in [5.74, 6) is -2.43. The van der Waals surface area contributed by atoms with Gasteiger partial charge in [0.2, 0.25) is 11.6 Å². The average molecular weight is 722 g/mol. The molecule has 3 rings (SSSR count). The molecule has 52 heavy (non-hydrogen) atoms. The van der Waals surface area contributed by atoms with Gasteiger partial charge in [-0.15, -0.1) is 0 Å². The molecule has 0 saturated carbocycles. The van der Waals surface area contributed by atoms with Crippen molar-refractivity contribution in [3.63, 3.8) is 0 Å². The number of hydrogen-bond donors (Lipinski definition) is 6. The van der Waals surface area contributed by atoms with Crippen LogP contribution in [0, 0.1) is 11.8 Å². The van der Waals surface area contributed by atoms with Gasteiger partial charge in [-0.2, -0.15) is 0 Å². The molecule has 6 atom stereocenters. The highest BCUT2D eigenvalue weighted by Gasteiger charge is 2.33. The van der Waals surface area contributed by atoms with Crippen molar-refractivity contribution in [1.82, 2.24) is 21.3 Å². The molecule has 0 radical (unpaired) electrons. The molecule has 4 amide bonds. The SMILES string of the molecule is CO[C@H]1/C=C\C=C(/C)C(=O)NC2=CC(=O)C(NCCNC(=O)NCc3ccccc3)=C(C[C@@H](C)C[C@H](OC)[C@H](O)[C@@H](C)/C=C(\C)[C@@H]1OC(N)=O)C2=O. The topological polar surface area (TPSA) is 207 Å². The number of aliphatic hydroxyl groups excluding tert-OH is 1. The first kappa shape index (κ1) is 41.4. The largest absolute Gasteiger partial charge is 0.439 e. The summed E-state index contributed by atoms with van der Waals surface area (Å²) in [4.78, 5) is 64.7. The summed E-state index contributed by atoms with van der Waals surface area (Å²) in [6, 6.07) is 9.03. The van der Waals surface area contributed by atoms with Gasteiger partial charge in [-0.3, -0.25) is 14.4 Å². The van der Waals surface area contributed by atoms with Crippen LogP contribution in [0.4, 0.5) is 9.59 Å². The van der Waals surface area contributed by atoms with E-state index in [1.165, 1.54) is 33.3 Å². The highest BCUT2D eigenvalue weighted by Crippen LogP contribution is 2.29. The summed E-state index contributed by atoms with van der Waals surface area (Å²) in [7, 11) is 2.90. The van der Waals surface area contributed by atoms with Crippen molar-refractivity contribution in [2.24, 2.45) is 17.6 Å². The van der Waals surface area contributed by atoms with Crippen molar-refractivity contribution in [3.8, 4) is 0 Å². The molecular weight excluding hydrogens is 670 g/mol. The van der Waals surface area contributed by atoms with Crippen molar-refractivity contribution in [3.05, 3.63) is 94.4 Å². The maximum atomic E-state index is 13.9. The van der Waals surface area contributed by atoms with E-state index in [4.69, 9.17) is 19.9 Å². The van der Waals surface area contributed by atoms with E-state index in [1.807, 2.05) is 37.3 Å². The van der Waals surface area contributed by atoms with Crippen molar-refractivity contribution in [1.29, 1.82) is 0 Å². The fourth-order valence-corrected chi connectivity index (χ4v) is 5.98. The maximum Gasteiger partial charge on any atom is 0.405 e. The number of nitrogens with one attached hydrogen (secondary N) is 4. The summed E-state index contributed by atoms with van der Waals surface area (Å²) >= 11 is 0. The van der Waals surface area contributed by atoms with Crippen LogP contribution in [-0.2, 0) is 35.1 Å². The molecule has 0 fully saturated rings. The van der Waals surface area contributed by atoms with Gasteiger partial charge in [-0.05, 0) is 43.7 Å². The van der Waals surface area contributed by atoms with Crippen LogP contribution >= 0.6 is 0 Å². The minimum atomic E-state index is -1.02. The number of aliphatic hydroxyl groups is 1. The van der Waals surface area contributed by atoms with Gasteiger partial charge in [0.25, 0.3) is 5.91 Å². The van der Waals surface area contributed by atoms with Crippen LogP contribution in [0.15, 0.2) is 88.8 Å². The molecular formula is C38H51N5O9. The van der Waals surface area contributed by atoms with Crippen molar-refractivity contribution in [2.75, 3.05) is 27.3 Å². The zero-order valence-corrected chi connectivity index (χ0v) is 30.6. The Bertz CT molecular complexity index is 1620. The number of urea groups is 1. The number of carbonyl (C=O) groups is 5. The van der Waals surface area contributed by atoms with E-state index in [-0.39, 0.29) is 48.0 Å². The number of Topliss-reactive ketones (excluding diaryl/α,β-unsaturated/α-hetero) is 1. The zero-order chi connectivity index (χ0) is 38.4. The van der Waals surface area contributed by atoms with Gasteiger partial charge in [0, 0.05) is 57.0 Å². The molecule has 1 aromatic carbocycles. The molecule has 282 valence electrons. The number of carbonyl (C=O) groups excluding carboxylic acids is 5. The van der Waals surface area contributed by atoms with Gasteiger partial charge < -0.3 is 46.3 Å². The Morgan fingerprint density at radius 2 is 1.73 bits per heavy atom. The molecule has 0 saturated heterocycles. The number of ketones is 2. The highest BCUT2D eigenvalue weighted by molar-refractivity contribution is 6.23. The third-order valence-corrected chi connectivity index (χ3v) is 8.80. The number of nitrogens with two attached hydrogens (primary N) is 1. The van der Waals surface area contributed by atoms with Gasteiger partial charge >= 0.3 is 12.1 Å². The predicted molar refractivity (Wildman–Crippen MR) is 194 cm³/mol. The number of hydrogen-bond acceptors (Lipinski definition) is 10. The standard InChI is InChI=1S/C38H51N5O9/c1-22-17-27-32(40-15-16-41-38(49)42-21-26-12-8-7-9-13-26)29(44)20-28(34(27)46)43-36(47)23(2)11-10-14-30(50-5)35(52-37(39)48)25(4)19-24(3)33(45)31(18-22)51-6/h7-14,19-20,22,24,30-31,33,35,40,45H,15-18,21H2,1-6H3,(H2,39,48)(H,43,47)(H2,41,42,49)/b14-10-,23-11+,25-19+/t22-,24+,30+,31+,33-,35+/m1/s1. The van der Waals surface area contributed by atoms with Crippen molar-refractivity contribution >= 4 is 29.6 Å². The molecule has 1 aliphatic carbocycles. The summed E-state index contributed by atoms with van der Waals surface area (Å²) in [6.07, 6.45) is 3.37. The van der Waals surface area contributed by atoms with E-state index in [0.29, 0.717) is 18.5 Å². The summed E-state index contributed by atoms with van der Waals surface area (Å²) in [5, 5.41) is 22.5. The normalized spacial score (nSPS) is 27.6. The predicted octanol–water partition coefficient (Wildman–Crippen LogP) is 2.85. The second-order valence-electron chi connectivity index (χ2n) is 13.0. The zero-order valence-electron chi connectivity index (χ0n) is 30.6. The molecule has 2 aliphatic rings. The third-order valence-electron chi connectivity index (χ3n) is 8.80. The molecule has 14 heteroatoms. The van der Waals surface area contributed by atoms with Gasteiger partial charge in [0.05, 0.1) is 23.6 Å². The second-order valence-corrected chi connectivity index (χ2v) is 13.0. The Morgan fingerprint density at radius 3 is 2.38 bits per heavy atom. The summed E-state index contributed by atoms with van der Waals surface area (Å²) in [6.45, 7) is 7.54. The maximum absolute atomic E-state index is 13.9. The Morgan fingerprint density at radius 1 is 1.02 bits per heavy atom. The Kier molecular flexibility index (Phi) is 16.0. The van der Waals surface area contributed by atoms with Gasteiger partial charge in [0.15, 0.2) is 6.10 Å². The molecule has 0 spiro atoms. The van der Waals surface area contributed by atoms with Crippen LogP contribution in [0.2, 0.25) is 0 Å². The Hall–Kier alpha value is -5.05. The smallest absolute Gasteiger partial charge is 0.405 e. The van der Waals surface area contributed by atoms with Crippen molar-refractivity contribution in [2.45, 2.75) is 71.5 Å². The van der Waals surface area contributed by atoms with E-state index in [1.54, 1.807) is 26.0 Å². The fraction of sp³-hybridized carbons (Fsp3) is 0.447. The van der Waals surface area contributed by atoms with Crippen LogP contribution in [0.25, 0.3) is 0 Å². The molecule has 14 nitrogen and oxygen atoms in total. The lowest BCUT2D eigenvalue weighted by Crippen LogP contribution is -2.41. The summed E-state index contributed by atoms with van der Waals surface area (Å²) < 4.78 is 16.7. The number of fused-ring (bicyclic) bond motifs is 2. The lowest BCUT2D eigenvalue weighted by molar-refractivity contribution is -0.120. The van der Waals surface area contributed by atoms with Gasteiger partial charge in [-0.25, -0.2) is 9.59 Å². The monoisotopic (exact) mass is 721 g/mol. The number of allylic oxidation sites excluding steroid dienone is 4. The number of benzene rings is 1. The molecule has 1 aromatic rings. The van der Waals surface area contributed by atoms with E-state index >= 15 is 0 Å². The van der Waals surface area contributed by atoms with Crippen molar-refractivity contribution < 1.29 is 43.3 Å². The van der Waals surface area contributed by atoms with Crippen LogP contribution < -0.4 is 27.0 Å². The molecule has 1 aliphatic heterocycles. The third kappa shape index (κ3) is 12.0. The first-order valence-electron chi connectivity index (χ1n) is 17.1. The molecule has 2 bridgehead atoms. The van der Waals surface area contributed by atoms with Gasteiger partial charge in [-0.1, -0.05) is 68.5 Å². The summed E-state index contributed by atoms with van der Waals surface area (Å²) in [5.41, 5.74) is 7.13. The van der Waals surface area contributed by atoms with Crippen LogP contribution in [0.3, 0.4) is 0 Å². The van der Waals surface area contributed by atoms with E-state index in [0.717, 1.165) is 11.6 Å². The van der Waals surface area contributed by atoms with Crippen LogP contribution in [0.1, 0.15) is 46.1 Å². The number of ether oxygens (including phenoxy) is 3. The highest BCUT2D eigenvalue weighted by atomic mass is 16.6. The fourth-order valence-electron chi connectivity index (χ4n) is 5.98. The van der Waals surface area contributed by atoms with Gasteiger partial charge in [0.1, 0.15) is 6.10 Å². The lowest BCUT2D eigenvalue weighted by atomic mass is 9.85. The number of amides is 4. The van der Waals surface area contributed by atoms with E-state index in [2.05, 4.69) is 21.3 Å². The minimum Gasteiger partial charge on any atom is -0.439 e. The molecule has 1 heterocycles. The number of methoxy groups -OCH3 is 2. The average Bonchev–Trinajstić information content (AvgIpc) is 3.11. The Balaban J connectivity index is 1.90. The first-order chi connectivity index (χ1) is 24.7. The molecule has 7 N–H and O–H groups in total. The van der Waals surface area contributed by atoms with Crippen LogP contribution in [0.5, 0.6) is 0 Å². The second kappa shape index (κ2) is 20.1. The first-order valence-corrected chi connectivity index (χ1v) is 17.1. The quantitative estimate of drug-likeness (QED) is 0.125. The van der Waals surface area contributed by atoms with E-state index < -0.39 is 59.9 Å². The number of rotatable bonds is 9. The van der Waals surface area contributed by atoms with E-state index in [9.17, 15) is 29.1 Å². The van der Waals surface area contributed by atoms with Crippen LogP contribution in [-0.4, -0.2) is 86.4 Å². The lowest BCUT2D eigenvalue weighted by Gasteiger charge is -2.30.